The Morgan fingerprint density at radius 2 is 1.96 bits per heavy atom. The quantitative estimate of drug-likeness (QED) is 0.506. The van der Waals surface area contributed by atoms with Crippen molar-refractivity contribution in [2.75, 3.05) is 5.32 Å². The molecule has 0 bridgehead atoms. The zero-order valence-electron chi connectivity index (χ0n) is 14.0. The number of fused-ring (bicyclic) bond motifs is 1. The molecule has 4 rings (SSSR count). The summed E-state index contributed by atoms with van der Waals surface area (Å²) in [6, 6.07) is 16.5. The van der Waals surface area contributed by atoms with E-state index in [1.807, 2.05) is 36.5 Å². The van der Waals surface area contributed by atoms with Gasteiger partial charge < -0.3 is 16.0 Å². The van der Waals surface area contributed by atoms with Crippen molar-refractivity contribution >= 4 is 11.6 Å². The van der Waals surface area contributed by atoms with Crippen molar-refractivity contribution in [3.8, 4) is 11.3 Å². The Labute approximate surface area is 147 Å². The average Bonchev–Trinajstić information content (AvgIpc) is 3.30. The molecule has 1 aromatic heterocycles. The number of nitrogens with zero attached hydrogens (tertiary/aromatic N) is 2. The van der Waals surface area contributed by atoms with Crippen LogP contribution in [0.2, 0.25) is 0 Å². The van der Waals surface area contributed by atoms with E-state index < -0.39 is 0 Å². The number of rotatable bonds is 4. The lowest BCUT2D eigenvalue weighted by Crippen LogP contribution is -2.22. The minimum absolute atomic E-state index is 0.399. The predicted octanol–water partition coefficient (Wildman–Crippen LogP) is 3.49. The molecule has 2 aromatic carbocycles. The molecule has 1 aliphatic carbocycles. The van der Waals surface area contributed by atoms with E-state index in [4.69, 9.17) is 5.73 Å². The van der Waals surface area contributed by atoms with E-state index in [0.717, 1.165) is 29.2 Å². The van der Waals surface area contributed by atoms with Gasteiger partial charge in [-0.3, -0.25) is 0 Å². The zero-order valence-corrected chi connectivity index (χ0v) is 14.0. The van der Waals surface area contributed by atoms with Gasteiger partial charge in [-0.15, -0.1) is 0 Å². The highest BCUT2D eigenvalue weighted by molar-refractivity contribution is 5.92. The molecule has 3 aromatic rings. The Hall–Kier alpha value is -3.08. The number of nitrogens with one attached hydrogen (secondary N) is 2. The summed E-state index contributed by atoms with van der Waals surface area (Å²) in [6.45, 7) is 0.413. The van der Waals surface area contributed by atoms with Crippen LogP contribution >= 0.6 is 0 Å². The molecule has 0 aliphatic heterocycles. The van der Waals surface area contributed by atoms with Crippen molar-refractivity contribution in [1.82, 2.24) is 9.97 Å². The number of aryl methyl sites for hydroxylation is 2. The number of nitrogens with two attached hydrogens (primary N) is 1. The van der Waals surface area contributed by atoms with Gasteiger partial charge in [-0.2, -0.15) is 0 Å². The lowest BCUT2D eigenvalue weighted by molar-refractivity contribution is 0.912. The number of aromatic amines is 1. The van der Waals surface area contributed by atoms with E-state index >= 15 is 0 Å². The van der Waals surface area contributed by atoms with Gasteiger partial charge in [0, 0.05) is 5.69 Å². The third-order valence-corrected chi connectivity index (χ3v) is 4.48. The molecule has 1 heterocycles. The summed E-state index contributed by atoms with van der Waals surface area (Å²) >= 11 is 0. The third-order valence-electron chi connectivity index (χ3n) is 4.48. The van der Waals surface area contributed by atoms with Crippen LogP contribution in [0, 0.1) is 0 Å². The van der Waals surface area contributed by atoms with Crippen LogP contribution in [-0.2, 0) is 19.4 Å². The standard InChI is InChI=1S/C20H21N5/c21-20(24-17-10-9-14-7-4-8-16(14)11-17)23-13-19-22-12-18(25-19)15-5-2-1-3-6-15/h1-3,5-6,9-12H,4,7-8,13H2,(H,22,25)(H3,21,23,24). The van der Waals surface area contributed by atoms with Gasteiger partial charge in [0.25, 0.3) is 0 Å². The van der Waals surface area contributed by atoms with Crippen molar-refractivity contribution in [3.05, 3.63) is 71.7 Å². The lowest BCUT2D eigenvalue weighted by Gasteiger charge is -2.07. The molecule has 0 atom stereocenters. The van der Waals surface area contributed by atoms with E-state index in [2.05, 4.69) is 38.5 Å². The van der Waals surface area contributed by atoms with Gasteiger partial charge in [0.05, 0.1) is 11.9 Å². The maximum absolute atomic E-state index is 6.01. The molecule has 0 radical (unpaired) electrons. The van der Waals surface area contributed by atoms with E-state index in [0.29, 0.717) is 12.5 Å². The third kappa shape index (κ3) is 3.55. The second-order valence-electron chi connectivity index (χ2n) is 6.27. The number of H-pyrrole nitrogens is 1. The molecule has 0 saturated carbocycles. The van der Waals surface area contributed by atoms with Gasteiger partial charge in [0.15, 0.2) is 5.96 Å². The van der Waals surface area contributed by atoms with Crippen molar-refractivity contribution in [1.29, 1.82) is 0 Å². The fourth-order valence-corrected chi connectivity index (χ4v) is 3.20. The zero-order chi connectivity index (χ0) is 17.1. The van der Waals surface area contributed by atoms with E-state index in [9.17, 15) is 0 Å². The number of anilines is 1. The molecule has 4 N–H and O–H groups in total. The largest absolute Gasteiger partial charge is 0.370 e. The molecule has 126 valence electrons. The van der Waals surface area contributed by atoms with Crippen LogP contribution < -0.4 is 11.1 Å². The number of guanidine groups is 1. The van der Waals surface area contributed by atoms with Crippen molar-refractivity contribution in [2.24, 2.45) is 10.7 Å². The van der Waals surface area contributed by atoms with Crippen molar-refractivity contribution in [3.63, 3.8) is 0 Å². The highest BCUT2D eigenvalue weighted by Crippen LogP contribution is 2.24. The van der Waals surface area contributed by atoms with Gasteiger partial charge in [-0.25, -0.2) is 9.98 Å². The summed E-state index contributed by atoms with van der Waals surface area (Å²) in [5.74, 6) is 1.19. The van der Waals surface area contributed by atoms with Crippen molar-refractivity contribution < 1.29 is 0 Å². The summed E-state index contributed by atoms with van der Waals surface area (Å²) in [6.07, 6.45) is 5.40. The first-order valence-electron chi connectivity index (χ1n) is 8.56. The molecule has 5 nitrogen and oxygen atoms in total. The summed E-state index contributed by atoms with van der Waals surface area (Å²) in [7, 11) is 0. The molecule has 0 spiro atoms. The molecule has 1 aliphatic rings. The van der Waals surface area contributed by atoms with Gasteiger partial charge in [-0.05, 0) is 48.1 Å². The molecular formula is C20H21N5. The Kier molecular flexibility index (Phi) is 4.21. The summed E-state index contributed by atoms with van der Waals surface area (Å²) < 4.78 is 0. The minimum Gasteiger partial charge on any atom is -0.370 e. The lowest BCUT2D eigenvalue weighted by atomic mass is 10.1. The number of aromatic nitrogens is 2. The van der Waals surface area contributed by atoms with Crippen molar-refractivity contribution in [2.45, 2.75) is 25.8 Å². The molecule has 0 saturated heterocycles. The molecule has 0 amide bonds. The van der Waals surface area contributed by atoms with Gasteiger partial charge in [0.2, 0.25) is 0 Å². The number of hydrogen-bond acceptors (Lipinski definition) is 2. The average molecular weight is 331 g/mol. The van der Waals surface area contributed by atoms with Crippen LogP contribution in [0.4, 0.5) is 5.69 Å². The molecule has 25 heavy (non-hydrogen) atoms. The van der Waals surface area contributed by atoms with Crippen LogP contribution in [0.1, 0.15) is 23.4 Å². The monoisotopic (exact) mass is 331 g/mol. The summed E-state index contributed by atoms with van der Waals surface area (Å²) in [4.78, 5) is 12.0. The van der Waals surface area contributed by atoms with Crippen LogP contribution in [0.15, 0.2) is 59.7 Å². The highest BCUT2D eigenvalue weighted by Gasteiger charge is 2.11. The second-order valence-corrected chi connectivity index (χ2v) is 6.27. The molecule has 0 unspecified atom stereocenters. The molecule has 5 heteroatoms. The fourth-order valence-electron chi connectivity index (χ4n) is 3.20. The maximum Gasteiger partial charge on any atom is 0.193 e. The fraction of sp³-hybridized carbons (Fsp3) is 0.200. The topological polar surface area (TPSA) is 79.1 Å². The summed E-state index contributed by atoms with van der Waals surface area (Å²) in [5, 5.41) is 3.17. The first-order chi connectivity index (χ1) is 12.3. The van der Waals surface area contributed by atoms with Crippen LogP contribution in [-0.4, -0.2) is 15.9 Å². The Morgan fingerprint density at radius 3 is 2.84 bits per heavy atom. The van der Waals surface area contributed by atoms with E-state index in [-0.39, 0.29) is 0 Å². The van der Waals surface area contributed by atoms with Gasteiger partial charge in [0.1, 0.15) is 12.4 Å². The van der Waals surface area contributed by atoms with Crippen LogP contribution in [0.3, 0.4) is 0 Å². The first kappa shape index (κ1) is 15.4. The number of imidazole rings is 1. The number of benzene rings is 2. The SMILES string of the molecule is NC(=NCc1ncc(-c2ccccc2)[nH]1)Nc1ccc2c(c1)CCC2. The highest BCUT2D eigenvalue weighted by atomic mass is 15.1. The normalized spacial score (nSPS) is 13.7. The summed E-state index contributed by atoms with van der Waals surface area (Å²) in [5.41, 5.74) is 12.0. The Morgan fingerprint density at radius 1 is 1.12 bits per heavy atom. The van der Waals surface area contributed by atoms with Crippen LogP contribution in [0.25, 0.3) is 11.3 Å². The Bertz CT molecular complexity index is 895. The maximum atomic E-state index is 6.01. The van der Waals surface area contributed by atoms with E-state index in [1.165, 1.54) is 24.0 Å². The second kappa shape index (κ2) is 6.81. The molecule has 0 fully saturated rings. The predicted molar refractivity (Wildman–Crippen MR) is 101 cm³/mol. The van der Waals surface area contributed by atoms with Crippen LogP contribution in [0.5, 0.6) is 0 Å². The number of hydrogen-bond donors (Lipinski definition) is 3. The smallest absolute Gasteiger partial charge is 0.193 e. The van der Waals surface area contributed by atoms with E-state index in [1.54, 1.807) is 0 Å². The molecular weight excluding hydrogens is 310 g/mol. The minimum atomic E-state index is 0.399. The number of aliphatic imine (C=N–C) groups is 1. The van der Waals surface area contributed by atoms with Gasteiger partial charge >= 0.3 is 0 Å². The first-order valence-corrected chi connectivity index (χ1v) is 8.56. The van der Waals surface area contributed by atoms with Gasteiger partial charge in [-0.1, -0.05) is 36.4 Å². The Balaban J connectivity index is 1.41.